The molecule has 0 fully saturated rings. The van der Waals surface area contributed by atoms with Crippen LogP contribution in [-0.4, -0.2) is 20.1 Å². The molecule has 0 saturated carbocycles. The highest BCUT2D eigenvalue weighted by Crippen LogP contribution is 2.29. The first-order valence-corrected chi connectivity index (χ1v) is 5.93. The number of carbonyl (C=O) groups is 1. The summed E-state index contributed by atoms with van der Waals surface area (Å²) in [4.78, 5) is 12.1. The molecule has 5 heteroatoms. The van der Waals surface area contributed by atoms with Gasteiger partial charge < -0.3 is 14.8 Å². The van der Waals surface area contributed by atoms with Crippen LogP contribution in [0.2, 0.25) is 0 Å². The highest BCUT2D eigenvalue weighted by Gasteiger charge is 2.11. The van der Waals surface area contributed by atoms with Crippen LogP contribution in [-0.2, 0) is 0 Å². The van der Waals surface area contributed by atoms with Gasteiger partial charge in [-0.3, -0.25) is 4.79 Å². The average molecular weight is 275 g/mol. The summed E-state index contributed by atoms with van der Waals surface area (Å²) < 4.78 is 23.1. The smallest absolute Gasteiger partial charge is 0.255 e. The molecule has 0 aliphatic heterocycles. The van der Waals surface area contributed by atoms with Gasteiger partial charge >= 0.3 is 0 Å². The van der Waals surface area contributed by atoms with Gasteiger partial charge in [0.2, 0.25) is 0 Å². The number of amides is 1. The van der Waals surface area contributed by atoms with Crippen LogP contribution in [0.4, 0.5) is 10.1 Å². The van der Waals surface area contributed by atoms with Gasteiger partial charge in [-0.1, -0.05) is 0 Å². The lowest BCUT2D eigenvalue weighted by Crippen LogP contribution is -2.12. The molecule has 1 N–H and O–H groups in total. The Morgan fingerprint density at radius 3 is 2.35 bits per heavy atom. The minimum atomic E-state index is -0.388. The predicted octanol–water partition coefficient (Wildman–Crippen LogP) is 3.10. The molecule has 0 bridgehead atoms. The van der Waals surface area contributed by atoms with E-state index in [1.165, 1.54) is 38.5 Å². The maximum Gasteiger partial charge on any atom is 0.255 e. The van der Waals surface area contributed by atoms with Crippen LogP contribution in [0.3, 0.4) is 0 Å². The minimum Gasteiger partial charge on any atom is -0.497 e. The first kappa shape index (κ1) is 13.9. The summed E-state index contributed by atoms with van der Waals surface area (Å²) in [5.41, 5.74) is 0.845. The third-order valence-electron chi connectivity index (χ3n) is 2.76. The van der Waals surface area contributed by atoms with Crippen molar-refractivity contribution in [3.05, 3.63) is 53.8 Å². The van der Waals surface area contributed by atoms with E-state index in [2.05, 4.69) is 5.32 Å². The number of hydrogen-bond acceptors (Lipinski definition) is 3. The normalized spacial score (nSPS) is 9.95. The molecule has 2 aromatic rings. The van der Waals surface area contributed by atoms with Crippen molar-refractivity contribution in [2.45, 2.75) is 0 Å². The van der Waals surface area contributed by atoms with Crippen molar-refractivity contribution in [3.8, 4) is 11.5 Å². The van der Waals surface area contributed by atoms with E-state index in [1.807, 2.05) is 0 Å². The lowest BCUT2D eigenvalue weighted by molar-refractivity contribution is 0.102. The Labute approximate surface area is 116 Å². The van der Waals surface area contributed by atoms with Crippen molar-refractivity contribution in [2.75, 3.05) is 19.5 Å². The molecule has 104 valence electrons. The van der Waals surface area contributed by atoms with Crippen LogP contribution in [0.25, 0.3) is 0 Å². The number of ether oxygens (including phenoxy) is 2. The molecular formula is C15H14FNO3. The van der Waals surface area contributed by atoms with Gasteiger partial charge in [-0.2, -0.15) is 0 Å². The third-order valence-corrected chi connectivity index (χ3v) is 2.76. The molecule has 0 saturated heterocycles. The van der Waals surface area contributed by atoms with E-state index in [9.17, 15) is 9.18 Å². The topological polar surface area (TPSA) is 47.6 Å². The highest BCUT2D eigenvalue weighted by atomic mass is 19.1. The Kier molecular flexibility index (Phi) is 4.20. The monoisotopic (exact) mass is 275 g/mol. The predicted molar refractivity (Wildman–Crippen MR) is 73.9 cm³/mol. The molecule has 4 nitrogen and oxygen atoms in total. The zero-order valence-corrected chi connectivity index (χ0v) is 11.1. The zero-order valence-electron chi connectivity index (χ0n) is 11.1. The second kappa shape index (κ2) is 6.06. The van der Waals surface area contributed by atoms with Gasteiger partial charge in [-0.15, -0.1) is 0 Å². The summed E-state index contributed by atoms with van der Waals surface area (Å²) in [6.07, 6.45) is 0. The van der Waals surface area contributed by atoms with E-state index in [1.54, 1.807) is 18.2 Å². The van der Waals surface area contributed by atoms with Gasteiger partial charge in [-0.25, -0.2) is 4.39 Å². The molecule has 0 aliphatic carbocycles. The molecule has 0 spiro atoms. The maximum absolute atomic E-state index is 12.8. The molecule has 0 unspecified atom stereocenters. The lowest BCUT2D eigenvalue weighted by Gasteiger charge is -2.11. The van der Waals surface area contributed by atoms with Gasteiger partial charge in [0, 0.05) is 11.6 Å². The van der Waals surface area contributed by atoms with E-state index in [-0.39, 0.29) is 11.7 Å². The first-order chi connectivity index (χ1) is 9.63. The standard InChI is InChI=1S/C15H14FNO3/c1-19-12-7-8-14(20-2)13(9-12)17-15(18)10-3-5-11(16)6-4-10/h3-9H,1-2H3,(H,17,18). The van der Waals surface area contributed by atoms with Gasteiger partial charge in [0.25, 0.3) is 5.91 Å². The van der Waals surface area contributed by atoms with E-state index < -0.39 is 0 Å². The van der Waals surface area contributed by atoms with Crippen LogP contribution >= 0.6 is 0 Å². The van der Waals surface area contributed by atoms with Gasteiger partial charge in [0.05, 0.1) is 19.9 Å². The summed E-state index contributed by atoms with van der Waals surface area (Å²) in [5, 5.41) is 2.71. The van der Waals surface area contributed by atoms with Crippen LogP contribution in [0.1, 0.15) is 10.4 Å². The first-order valence-electron chi connectivity index (χ1n) is 5.93. The fourth-order valence-electron chi connectivity index (χ4n) is 1.71. The minimum absolute atomic E-state index is 0.350. The Morgan fingerprint density at radius 1 is 1.05 bits per heavy atom. The SMILES string of the molecule is COc1ccc(OC)c(NC(=O)c2ccc(F)cc2)c1. The fourth-order valence-corrected chi connectivity index (χ4v) is 1.71. The Morgan fingerprint density at radius 2 is 1.75 bits per heavy atom. The van der Waals surface area contributed by atoms with Crippen LogP contribution in [0, 0.1) is 5.82 Å². The number of anilines is 1. The van der Waals surface area contributed by atoms with Gasteiger partial charge in [-0.05, 0) is 36.4 Å². The molecule has 2 aromatic carbocycles. The van der Waals surface area contributed by atoms with Crippen molar-refractivity contribution in [2.24, 2.45) is 0 Å². The van der Waals surface area contributed by atoms with Crippen molar-refractivity contribution in [1.29, 1.82) is 0 Å². The van der Waals surface area contributed by atoms with Crippen molar-refractivity contribution in [3.63, 3.8) is 0 Å². The number of halogens is 1. The second-order valence-corrected chi connectivity index (χ2v) is 4.03. The van der Waals surface area contributed by atoms with E-state index >= 15 is 0 Å². The van der Waals surface area contributed by atoms with E-state index in [4.69, 9.17) is 9.47 Å². The Bertz CT molecular complexity index is 611. The summed E-state index contributed by atoms with van der Waals surface area (Å²) in [7, 11) is 3.04. The van der Waals surface area contributed by atoms with Crippen LogP contribution in [0.5, 0.6) is 11.5 Å². The number of nitrogens with one attached hydrogen (secondary N) is 1. The molecule has 0 radical (unpaired) electrons. The summed E-state index contributed by atoms with van der Waals surface area (Å²) in [5.74, 6) is 0.374. The molecule has 0 atom stereocenters. The molecular weight excluding hydrogens is 261 g/mol. The molecule has 0 aromatic heterocycles. The van der Waals surface area contributed by atoms with Crippen LogP contribution < -0.4 is 14.8 Å². The molecule has 0 heterocycles. The molecule has 20 heavy (non-hydrogen) atoms. The van der Waals surface area contributed by atoms with Crippen molar-refractivity contribution < 1.29 is 18.7 Å². The number of methoxy groups -OCH3 is 2. The van der Waals surface area contributed by atoms with E-state index in [0.717, 1.165) is 0 Å². The summed E-state index contributed by atoms with van der Waals surface area (Å²) in [6.45, 7) is 0. The van der Waals surface area contributed by atoms with Crippen LogP contribution in [0.15, 0.2) is 42.5 Å². The number of hydrogen-bond donors (Lipinski definition) is 1. The van der Waals surface area contributed by atoms with Crippen molar-refractivity contribution >= 4 is 11.6 Å². The van der Waals surface area contributed by atoms with E-state index in [0.29, 0.717) is 22.7 Å². The quantitative estimate of drug-likeness (QED) is 0.932. The Balaban J connectivity index is 2.24. The summed E-state index contributed by atoms with van der Waals surface area (Å²) in [6, 6.07) is 10.4. The lowest BCUT2D eigenvalue weighted by atomic mass is 10.2. The number of benzene rings is 2. The number of carbonyl (C=O) groups excluding carboxylic acids is 1. The molecule has 0 aliphatic rings. The van der Waals surface area contributed by atoms with Crippen molar-refractivity contribution in [1.82, 2.24) is 0 Å². The average Bonchev–Trinajstić information content (AvgIpc) is 2.47. The third kappa shape index (κ3) is 3.06. The second-order valence-electron chi connectivity index (χ2n) is 4.03. The maximum atomic E-state index is 12.8. The van der Waals surface area contributed by atoms with Gasteiger partial charge in [0.15, 0.2) is 0 Å². The molecule has 2 rings (SSSR count). The Hall–Kier alpha value is -2.56. The molecule has 1 amide bonds. The summed E-state index contributed by atoms with van der Waals surface area (Å²) >= 11 is 0. The highest BCUT2D eigenvalue weighted by molar-refractivity contribution is 6.05. The fraction of sp³-hybridized carbons (Fsp3) is 0.133. The van der Waals surface area contributed by atoms with Gasteiger partial charge in [0.1, 0.15) is 17.3 Å². The number of rotatable bonds is 4. The largest absolute Gasteiger partial charge is 0.497 e. The zero-order chi connectivity index (χ0) is 14.5.